The van der Waals surface area contributed by atoms with E-state index in [0.29, 0.717) is 0 Å². The average molecular weight is 230 g/mol. The summed E-state index contributed by atoms with van der Waals surface area (Å²) in [6, 6.07) is 4.22. The Morgan fingerprint density at radius 1 is 1.35 bits per heavy atom. The molecule has 1 unspecified atom stereocenters. The summed E-state index contributed by atoms with van der Waals surface area (Å²) in [4.78, 5) is 8.77. The zero-order valence-corrected chi connectivity index (χ0v) is 10.5. The minimum absolute atomic E-state index is 0.0954. The molecule has 2 aromatic heterocycles. The molecular formula is C13H18N4. The van der Waals surface area contributed by atoms with E-state index in [1.165, 1.54) is 0 Å². The van der Waals surface area contributed by atoms with Gasteiger partial charge in [0, 0.05) is 30.8 Å². The van der Waals surface area contributed by atoms with Gasteiger partial charge in [-0.05, 0) is 32.5 Å². The Morgan fingerprint density at radius 3 is 2.76 bits per heavy atom. The molecule has 90 valence electrons. The van der Waals surface area contributed by atoms with Crippen LogP contribution in [0, 0.1) is 6.92 Å². The molecule has 2 heterocycles. The SMILES string of the molecule is CCn1ccnc1C(NC)c1ccc(C)nc1. The molecule has 0 saturated carbocycles. The largest absolute Gasteiger partial charge is 0.334 e. The van der Waals surface area contributed by atoms with E-state index in [1.54, 1.807) is 0 Å². The summed E-state index contributed by atoms with van der Waals surface area (Å²) < 4.78 is 2.14. The van der Waals surface area contributed by atoms with Crippen LogP contribution in [0.4, 0.5) is 0 Å². The second-order valence-electron chi connectivity index (χ2n) is 4.03. The molecular weight excluding hydrogens is 212 g/mol. The normalized spacial score (nSPS) is 12.6. The van der Waals surface area contributed by atoms with Crippen molar-refractivity contribution in [3.05, 3.63) is 47.8 Å². The Balaban J connectivity index is 2.36. The summed E-state index contributed by atoms with van der Waals surface area (Å²) in [6.45, 7) is 5.03. The lowest BCUT2D eigenvalue weighted by Gasteiger charge is -2.17. The van der Waals surface area contributed by atoms with Gasteiger partial charge in [-0.1, -0.05) is 6.07 Å². The molecule has 4 heteroatoms. The maximum absolute atomic E-state index is 4.43. The second-order valence-corrected chi connectivity index (χ2v) is 4.03. The van der Waals surface area contributed by atoms with Gasteiger partial charge >= 0.3 is 0 Å². The minimum atomic E-state index is 0.0954. The monoisotopic (exact) mass is 230 g/mol. The van der Waals surface area contributed by atoms with Gasteiger partial charge in [-0.2, -0.15) is 0 Å². The molecule has 17 heavy (non-hydrogen) atoms. The standard InChI is InChI=1S/C13H18N4/c1-4-17-8-7-15-13(17)12(14-3)11-6-5-10(2)16-9-11/h5-9,12,14H,4H2,1-3H3. The molecule has 0 aliphatic carbocycles. The summed E-state index contributed by atoms with van der Waals surface area (Å²) in [6.07, 6.45) is 5.75. The van der Waals surface area contributed by atoms with Gasteiger partial charge < -0.3 is 9.88 Å². The van der Waals surface area contributed by atoms with E-state index in [1.807, 2.05) is 38.6 Å². The Labute approximate surface area is 102 Å². The predicted molar refractivity (Wildman–Crippen MR) is 67.8 cm³/mol. The van der Waals surface area contributed by atoms with Crippen LogP contribution in [-0.4, -0.2) is 21.6 Å². The summed E-state index contributed by atoms with van der Waals surface area (Å²) in [5.41, 5.74) is 2.17. The minimum Gasteiger partial charge on any atom is -0.334 e. The molecule has 0 aliphatic rings. The van der Waals surface area contributed by atoms with Crippen molar-refractivity contribution in [2.24, 2.45) is 0 Å². The lowest BCUT2D eigenvalue weighted by Crippen LogP contribution is -2.22. The Bertz CT molecular complexity index is 472. The van der Waals surface area contributed by atoms with Gasteiger partial charge in [0.1, 0.15) is 5.82 Å². The van der Waals surface area contributed by atoms with Crippen LogP contribution >= 0.6 is 0 Å². The van der Waals surface area contributed by atoms with Crippen LogP contribution in [0.2, 0.25) is 0 Å². The van der Waals surface area contributed by atoms with Crippen LogP contribution in [0.5, 0.6) is 0 Å². The number of imidazole rings is 1. The van der Waals surface area contributed by atoms with Gasteiger partial charge in [0.15, 0.2) is 0 Å². The average Bonchev–Trinajstić information content (AvgIpc) is 2.81. The molecule has 0 aliphatic heterocycles. The maximum atomic E-state index is 4.43. The van der Waals surface area contributed by atoms with Crippen LogP contribution in [0.15, 0.2) is 30.7 Å². The molecule has 2 rings (SSSR count). The molecule has 0 fully saturated rings. The lowest BCUT2D eigenvalue weighted by molar-refractivity contribution is 0.588. The fourth-order valence-corrected chi connectivity index (χ4v) is 1.94. The summed E-state index contributed by atoms with van der Waals surface area (Å²) >= 11 is 0. The molecule has 4 nitrogen and oxygen atoms in total. The molecule has 2 aromatic rings. The smallest absolute Gasteiger partial charge is 0.130 e. The number of nitrogens with one attached hydrogen (secondary N) is 1. The molecule has 1 atom stereocenters. The second kappa shape index (κ2) is 5.10. The fourth-order valence-electron chi connectivity index (χ4n) is 1.94. The van der Waals surface area contributed by atoms with E-state index < -0.39 is 0 Å². The van der Waals surface area contributed by atoms with Crippen molar-refractivity contribution in [2.75, 3.05) is 7.05 Å². The lowest BCUT2D eigenvalue weighted by atomic mass is 10.1. The first kappa shape index (κ1) is 11.8. The van der Waals surface area contributed by atoms with Gasteiger partial charge in [-0.25, -0.2) is 4.98 Å². The van der Waals surface area contributed by atoms with E-state index in [4.69, 9.17) is 0 Å². The molecule has 0 bridgehead atoms. The van der Waals surface area contributed by atoms with Crippen molar-refractivity contribution in [2.45, 2.75) is 26.4 Å². The van der Waals surface area contributed by atoms with Gasteiger partial charge in [-0.3, -0.25) is 4.98 Å². The van der Waals surface area contributed by atoms with Crippen molar-refractivity contribution >= 4 is 0 Å². The quantitative estimate of drug-likeness (QED) is 0.872. The number of hydrogen-bond donors (Lipinski definition) is 1. The fraction of sp³-hybridized carbons (Fsp3) is 0.385. The Morgan fingerprint density at radius 2 is 2.18 bits per heavy atom. The first-order chi connectivity index (χ1) is 8.26. The number of pyridine rings is 1. The topological polar surface area (TPSA) is 42.7 Å². The highest BCUT2D eigenvalue weighted by atomic mass is 15.1. The molecule has 1 N–H and O–H groups in total. The summed E-state index contributed by atoms with van der Waals surface area (Å²) in [5, 5.41) is 3.29. The van der Waals surface area contributed by atoms with E-state index in [0.717, 1.165) is 23.6 Å². The molecule has 0 radical (unpaired) electrons. The first-order valence-electron chi connectivity index (χ1n) is 5.87. The van der Waals surface area contributed by atoms with Crippen LogP contribution in [0.25, 0.3) is 0 Å². The van der Waals surface area contributed by atoms with Crippen molar-refractivity contribution in [1.29, 1.82) is 0 Å². The number of hydrogen-bond acceptors (Lipinski definition) is 3. The van der Waals surface area contributed by atoms with Crippen molar-refractivity contribution in [1.82, 2.24) is 19.9 Å². The number of aromatic nitrogens is 3. The maximum Gasteiger partial charge on any atom is 0.130 e. The van der Waals surface area contributed by atoms with Crippen LogP contribution in [-0.2, 0) is 6.54 Å². The van der Waals surface area contributed by atoms with Crippen molar-refractivity contribution in [3.8, 4) is 0 Å². The third-order valence-electron chi connectivity index (χ3n) is 2.90. The number of aryl methyl sites for hydroxylation is 2. The van der Waals surface area contributed by atoms with Crippen molar-refractivity contribution in [3.63, 3.8) is 0 Å². The van der Waals surface area contributed by atoms with Crippen LogP contribution in [0.1, 0.15) is 30.0 Å². The Kier molecular flexibility index (Phi) is 3.54. The van der Waals surface area contributed by atoms with Gasteiger partial charge in [-0.15, -0.1) is 0 Å². The van der Waals surface area contributed by atoms with Crippen LogP contribution in [0.3, 0.4) is 0 Å². The summed E-state index contributed by atoms with van der Waals surface area (Å²) in [7, 11) is 1.94. The van der Waals surface area contributed by atoms with E-state index in [9.17, 15) is 0 Å². The molecule has 0 saturated heterocycles. The summed E-state index contributed by atoms with van der Waals surface area (Å²) in [5.74, 6) is 1.03. The van der Waals surface area contributed by atoms with Crippen molar-refractivity contribution < 1.29 is 0 Å². The highest BCUT2D eigenvalue weighted by Crippen LogP contribution is 2.19. The molecule has 0 amide bonds. The predicted octanol–water partition coefficient (Wildman–Crippen LogP) is 1.92. The molecule has 0 aromatic carbocycles. The third kappa shape index (κ3) is 2.36. The van der Waals surface area contributed by atoms with Gasteiger partial charge in [0.05, 0.1) is 6.04 Å². The zero-order chi connectivity index (χ0) is 12.3. The third-order valence-corrected chi connectivity index (χ3v) is 2.90. The number of nitrogens with zero attached hydrogens (tertiary/aromatic N) is 3. The Hall–Kier alpha value is -1.68. The van der Waals surface area contributed by atoms with Crippen LogP contribution < -0.4 is 5.32 Å². The van der Waals surface area contributed by atoms with Gasteiger partial charge in [0.2, 0.25) is 0 Å². The highest BCUT2D eigenvalue weighted by Gasteiger charge is 2.16. The highest BCUT2D eigenvalue weighted by molar-refractivity contribution is 5.23. The zero-order valence-electron chi connectivity index (χ0n) is 10.5. The molecule has 0 spiro atoms. The van der Waals surface area contributed by atoms with E-state index >= 15 is 0 Å². The first-order valence-corrected chi connectivity index (χ1v) is 5.87. The number of rotatable bonds is 4. The van der Waals surface area contributed by atoms with E-state index in [2.05, 4.69) is 32.8 Å². The van der Waals surface area contributed by atoms with E-state index in [-0.39, 0.29) is 6.04 Å². The van der Waals surface area contributed by atoms with Gasteiger partial charge in [0.25, 0.3) is 0 Å².